The zero-order chi connectivity index (χ0) is 11.7. The second-order valence-electron chi connectivity index (χ2n) is 3.50. The van der Waals surface area contributed by atoms with Crippen LogP contribution in [-0.4, -0.2) is 18.0 Å². The van der Waals surface area contributed by atoms with Gasteiger partial charge in [0.05, 0.1) is 23.9 Å². The molecule has 0 aromatic rings. The number of methoxy groups -OCH3 is 1. The first-order valence-corrected chi connectivity index (χ1v) is 4.80. The number of hydrogen-bond donors (Lipinski definition) is 0. The highest BCUT2D eigenvalue weighted by Gasteiger charge is 2.17. The molecular weight excluding hydrogens is 206 g/mol. The minimum Gasteiger partial charge on any atom is -0.495 e. The molecule has 0 spiro atoms. The maximum Gasteiger partial charge on any atom is 0.191 e. The van der Waals surface area contributed by atoms with E-state index in [9.17, 15) is 9.59 Å². The number of carbonyl (C=O) groups is 1. The predicted molar refractivity (Wildman–Crippen MR) is 60.2 cm³/mol. The van der Waals surface area contributed by atoms with Crippen molar-refractivity contribution in [3.63, 3.8) is 0 Å². The molecule has 1 aliphatic carbocycles. The summed E-state index contributed by atoms with van der Waals surface area (Å²) in [6, 6.07) is 4.96. The van der Waals surface area contributed by atoms with Gasteiger partial charge in [0.1, 0.15) is 5.75 Å². The maximum absolute atomic E-state index is 11.8. The molecule has 0 unspecified atom stereocenters. The molecule has 0 aromatic heterocycles. The Kier molecular flexibility index (Phi) is 2.48. The summed E-state index contributed by atoms with van der Waals surface area (Å²) in [7, 11) is 3.24. The van der Waals surface area contributed by atoms with E-state index < -0.39 is 0 Å². The fourth-order valence-electron chi connectivity index (χ4n) is 1.83. The Morgan fingerprint density at radius 2 is 2.12 bits per heavy atom. The summed E-state index contributed by atoms with van der Waals surface area (Å²) < 4.78 is 6.88. The number of aromatic nitrogens is 1. The summed E-state index contributed by atoms with van der Waals surface area (Å²) >= 11 is 0. The third-order valence-corrected chi connectivity index (χ3v) is 2.54. The van der Waals surface area contributed by atoms with E-state index in [2.05, 4.69) is 0 Å². The van der Waals surface area contributed by atoms with E-state index in [-0.39, 0.29) is 5.43 Å². The lowest BCUT2D eigenvalue weighted by Gasteiger charge is -2.16. The van der Waals surface area contributed by atoms with E-state index in [1.54, 1.807) is 23.9 Å². The molecule has 82 valence electrons. The topological polar surface area (TPSA) is 48.3 Å². The molecule has 0 bridgehead atoms. The van der Waals surface area contributed by atoms with Crippen molar-refractivity contribution in [2.24, 2.45) is 7.05 Å². The molecule has 0 atom stereocenters. The summed E-state index contributed by atoms with van der Waals surface area (Å²) in [5.41, 5.74) is 1.42. The fraction of sp³-hybridized carbons (Fsp3) is 0.167. The summed E-state index contributed by atoms with van der Waals surface area (Å²) in [6.07, 6.45) is 2.33. The van der Waals surface area contributed by atoms with Gasteiger partial charge < -0.3 is 9.30 Å². The van der Waals surface area contributed by atoms with Crippen molar-refractivity contribution in [3.05, 3.63) is 40.2 Å². The molecule has 2 aliphatic rings. The summed E-state index contributed by atoms with van der Waals surface area (Å²) in [4.78, 5) is 22.7. The van der Waals surface area contributed by atoms with Crippen molar-refractivity contribution in [3.8, 4) is 17.0 Å². The van der Waals surface area contributed by atoms with Gasteiger partial charge in [0, 0.05) is 13.2 Å². The molecule has 0 saturated heterocycles. The average molecular weight is 217 g/mol. The Hall–Kier alpha value is -2.10. The largest absolute Gasteiger partial charge is 0.495 e. The number of fused-ring (bicyclic) bond motifs is 1. The number of pyridine rings is 1. The van der Waals surface area contributed by atoms with Gasteiger partial charge in [0.25, 0.3) is 0 Å². The Morgan fingerprint density at radius 3 is 2.75 bits per heavy atom. The van der Waals surface area contributed by atoms with Crippen LogP contribution in [0, 0.1) is 0 Å². The minimum atomic E-state index is -0.145. The van der Waals surface area contributed by atoms with Crippen molar-refractivity contribution >= 4 is 6.29 Å². The number of aryl methyl sites for hydroxylation is 1. The van der Waals surface area contributed by atoms with Gasteiger partial charge in [0.15, 0.2) is 11.7 Å². The Labute approximate surface area is 92.4 Å². The summed E-state index contributed by atoms with van der Waals surface area (Å²) in [5, 5.41) is 0. The lowest BCUT2D eigenvalue weighted by Crippen LogP contribution is -2.13. The van der Waals surface area contributed by atoms with Crippen LogP contribution in [0.25, 0.3) is 11.3 Å². The molecule has 1 aliphatic heterocycles. The second-order valence-corrected chi connectivity index (χ2v) is 3.50. The Bertz CT molecular complexity index is 571. The highest BCUT2D eigenvalue weighted by atomic mass is 16.5. The first-order chi connectivity index (χ1) is 7.69. The van der Waals surface area contributed by atoms with Crippen LogP contribution in [0.2, 0.25) is 0 Å². The molecule has 16 heavy (non-hydrogen) atoms. The van der Waals surface area contributed by atoms with Crippen molar-refractivity contribution in [2.75, 3.05) is 7.11 Å². The summed E-state index contributed by atoms with van der Waals surface area (Å²) in [5.74, 6) is 0.341. The summed E-state index contributed by atoms with van der Waals surface area (Å²) in [6.45, 7) is 0. The van der Waals surface area contributed by atoms with Crippen molar-refractivity contribution in [2.45, 2.75) is 0 Å². The smallest absolute Gasteiger partial charge is 0.191 e. The number of carbonyl (C=O) groups excluding carboxylic acids is 1. The van der Waals surface area contributed by atoms with Gasteiger partial charge in [-0.2, -0.15) is 0 Å². The molecule has 0 amide bonds. The lowest BCUT2D eigenvalue weighted by molar-refractivity contribution is 0.112. The molecule has 4 heteroatoms. The van der Waals surface area contributed by atoms with Crippen LogP contribution in [0.15, 0.2) is 29.2 Å². The number of benzene rings is 1. The van der Waals surface area contributed by atoms with E-state index in [1.807, 2.05) is 6.07 Å². The molecule has 1 heterocycles. The molecule has 0 aromatic carbocycles. The van der Waals surface area contributed by atoms with Crippen molar-refractivity contribution < 1.29 is 9.53 Å². The third-order valence-electron chi connectivity index (χ3n) is 2.54. The van der Waals surface area contributed by atoms with Crippen molar-refractivity contribution in [1.29, 1.82) is 0 Å². The van der Waals surface area contributed by atoms with Crippen LogP contribution >= 0.6 is 0 Å². The molecule has 0 saturated carbocycles. The van der Waals surface area contributed by atoms with Gasteiger partial charge in [-0.25, -0.2) is 0 Å². The average Bonchev–Trinajstić information content (AvgIpc) is 2.29. The normalized spacial score (nSPS) is 10.4. The van der Waals surface area contributed by atoms with Gasteiger partial charge in [-0.05, 0) is 12.1 Å². The quantitative estimate of drug-likeness (QED) is 0.712. The monoisotopic (exact) mass is 217 g/mol. The van der Waals surface area contributed by atoms with Crippen LogP contribution in [0.1, 0.15) is 10.4 Å². The SMILES string of the molecule is COc1c(C=O)cn(C)c2cccc(=O)c1-2. The Balaban J connectivity index is 2.97. The number of ether oxygens (including phenoxy) is 1. The third kappa shape index (κ3) is 1.39. The lowest BCUT2D eigenvalue weighted by atomic mass is 10.0. The highest BCUT2D eigenvalue weighted by Crippen LogP contribution is 2.30. The number of aldehydes is 1. The zero-order valence-corrected chi connectivity index (χ0v) is 9.06. The van der Waals surface area contributed by atoms with Gasteiger partial charge in [-0.15, -0.1) is 0 Å². The van der Waals surface area contributed by atoms with Crippen LogP contribution < -0.4 is 10.2 Å². The van der Waals surface area contributed by atoms with Crippen LogP contribution in [-0.2, 0) is 7.05 Å². The first kappa shape index (κ1) is 10.4. The molecule has 0 fully saturated rings. The van der Waals surface area contributed by atoms with Gasteiger partial charge in [-0.1, -0.05) is 6.07 Å². The van der Waals surface area contributed by atoms with Crippen LogP contribution in [0.5, 0.6) is 5.75 Å². The van der Waals surface area contributed by atoms with Crippen molar-refractivity contribution in [1.82, 2.24) is 4.57 Å². The highest BCUT2D eigenvalue weighted by molar-refractivity contribution is 5.85. The van der Waals surface area contributed by atoms with Gasteiger partial charge in [0.2, 0.25) is 0 Å². The number of hydrogen-bond acceptors (Lipinski definition) is 3. The van der Waals surface area contributed by atoms with Crippen LogP contribution in [0.3, 0.4) is 0 Å². The predicted octanol–water partition coefficient (Wildman–Crippen LogP) is 1.31. The van der Waals surface area contributed by atoms with E-state index in [1.165, 1.54) is 13.2 Å². The fourth-order valence-corrected chi connectivity index (χ4v) is 1.83. The molecule has 0 N–H and O–H groups in total. The second kappa shape index (κ2) is 3.81. The molecule has 4 nitrogen and oxygen atoms in total. The van der Waals surface area contributed by atoms with E-state index in [0.717, 1.165) is 5.69 Å². The standard InChI is InChI=1S/C12H11NO3/c1-13-6-8(7-14)12(16-2)11-9(13)4-3-5-10(11)15/h3-7H,1-2H3. The van der Waals surface area contributed by atoms with Gasteiger partial charge >= 0.3 is 0 Å². The zero-order valence-electron chi connectivity index (χ0n) is 9.06. The molecule has 0 radical (unpaired) electrons. The van der Waals surface area contributed by atoms with Crippen LogP contribution in [0.4, 0.5) is 0 Å². The Morgan fingerprint density at radius 1 is 1.38 bits per heavy atom. The molecular formula is C12H11NO3. The molecule has 2 rings (SSSR count). The minimum absolute atomic E-state index is 0.145. The number of rotatable bonds is 2. The number of nitrogens with zero attached hydrogens (tertiary/aromatic N) is 1. The maximum atomic E-state index is 11.8. The van der Waals surface area contributed by atoms with E-state index >= 15 is 0 Å². The van der Waals surface area contributed by atoms with E-state index in [4.69, 9.17) is 4.74 Å². The van der Waals surface area contributed by atoms with E-state index in [0.29, 0.717) is 23.2 Å². The van der Waals surface area contributed by atoms with Gasteiger partial charge in [-0.3, -0.25) is 9.59 Å². The first-order valence-electron chi connectivity index (χ1n) is 4.80.